The molecular weight excluding hydrogens is 487 g/mol. The van der Waals surface area contributed by atoms with Crippen molar-refractivity contribution >= 4 is 17.7 Å². The van der Waals surface area contributed by atoms with Gasteiger partial charge >= 0.3 is 11.9 Å². The number of para-hydroxylation sites is 1. The lowest BCUT2D eigenvalue weighted by Crippen LogP contribution is -2.55. The summed E-state index contributed by atoms with van der Waals surface area (Å²) in [6, 6.07) is 12.2. The molecule has 1 fully saturated rings. The summed E-state index contributed by atoms with van der Waals surface area (Å²) in [5, 5.41) is 11.2. The third kappa shape index (κ3) is 6.91. The van der Waals surface area contributed by atoms with Crippen molar-refractivity contribution in [3.8, 4) is 11.5 Å². The Morgan fingerprint density at radius 1 is 0.973 bits per heavy atom. The maximum atomic E-state index is 14.7. The Morgan fingerprint density at radius 3 is 2.22 bits per heavy atom. The predicted octanol–water partition coefficient (Wildman–Crippen LogP) is 3.04. The summed E-state index contributed by atoms with van der Waals surface area (Å²) in [6.45, 7) is 1.33. The summed E-state index contributed by atoms with van der Waals surface area (Å²) in [7, 11) is 2.86. The second-order valence-corrected chi connectivity index (χ2v) is 8.91. The van der Waals surface area contributed by atoms with Gasteiger partial charge < -0.3 is 28.8 Å². The number of carbonyl (C=O) groups excluding carboxylic acids is 3. The standard InChI is InChI=1S/C27H31FO9/c1-27(32)16-20(29)23(25(30)35-13-11-33-2)22(24(27)26(31)36-14-12-34-3)17-9-10-19(28)21(15-17)37-18-7-5-4-6-8-18/h4-10,15,22-24,32H,11-14,16H2,1-3H3/t22-,23+,24-,27-/m0/s1. The lowest BCUT2D eigenvalue weighted by atomic mass is 9.61. The van der Waals surface area contributed by atoms with E-state index in [1.165, 1.54) is 33.3 Å². The number of methoxy groups -OCH3 is 2. The summed E-state index contributed by atoms with van der Waals surface area (Å²) in [6.07, 6.45) is -0.480. The number of halogens is 1. The van der Waals surface area contributed by atoms with Crippen LogP contribution in [0.4, 0.5) is 4.39 Å². The van der Waals surface area contributed by atoms with Gasteiger partial charge in [0.2, 0.25) is 0 Å². The van der Waals surface area contributed by atoms with E-state index in [1.54, 1.807) is 30.3 Å². The van der Waals surface area contributed by atoms with Gasteiger partial charge in [-0.15, -0.1) is 0 Å². The fourth-order valence-electron chi connectivity index (χ4n) is 4.47. The van der Waals surface area contributed by atoms with Gasteiger partial charge in [-0.1, -0.05) is 24.3 Å². The molecular formula is C27H31FO9. The van der Waals surface area contributed by atoms with Crippen LogP contribution in [0.3, 0.4) is 0 Å². The first kappa shape index (κ1) is 28.2. The Balaban J connectivity index is 2.07. The molecule has 3 rings (SSSR count). The van der Waals surface area contributed by atoms with Gasteiger partial charge in [0.15, 0.2) is 17.3 Å². The zero-order valence-electron chi connectivity index (χ0n) is 21.0. The van der Waals surface area contributed by atoms with Crippen molar-refractivity contribution in [1.29, 1.82) is 0 Å². The molecule has 0 amide bonds. The van der Waals surface area contributed by atoms with E-state index in [9.17, 15) is 23.9 Å². The van der Waals surface area contributed by atoms with Gasteiger partial charge in [-0.3, -0.25) is 14.4 Å². The van der Waals surface area contributed by atoms with Crippen molar-refractivity contribution in [2.75, 3.05) is 40.6 Å². The Bertz CT molecular complexity index is 1090. The summed E-state index contributed by atoms with van der Waals surface area (Å²) < 4.78 is 40.8. The van der Waals surface area contributed by atoms with Gasteiger partial charge in [0.1, 0.15) is 24.9 Å². The number of benzene rings is 2. The van der Waals surface area contributed by atoms with E-state index in [4.69, 9.17) is 23.7 Å². The van der Waals surface area contributed by atoms with Crippen LogP contribution in [-0.4, -0.2) is 69.1 Å². The highest BCUT2D eigenvalue weighted by molar-refractivity contribution is 6.02. The molecule has 0 heterocycles. The molecule has 1 aliphatic rings. The largest absolute Gasteiger partial charge is 0.463 e. The summed E-state index contributed by atoms with van der Waals surface area (Å²) >= 11 is 0. The number of ether oxygens (including phenoxy) is 5. The molecule has 0 saturated heterocycles. The Labute approximate surface area is 214 Å². The van der Waals surface area contributed by atoms with Crippen LogP contribution in [0, 0.1) is 17.7 Å². The zero-order chi connectivity index (χ0) is 27.0. The first-order valence-electron chi connectivity index (χ1n) is 11.8. The second-order valence-electron chi connectivity index (χ2n) is 8.91. The van der Waals surface area contributed by atoms with E-state index >= 15 is 0 Å². The highest BCUT2D eigenvalue weighted by Gasteiger charge is 2.57. The predicted molar refractivity (Wildman–Crippen MR) is 129 cm³/mol. The molecule has 10 heteroatoms. The van der Waals surface area contributed by atoms with Gasteiger partial charge in [-0.2, -0.15) is 0 Å². The van der Waals surface area contributed by atoms with Crippen LogP contribution in [0.15, 0.2) is 48.5 Å². The molecule has 0 spiro atoms. The maximum Gasteiger partial charge on any atom is 0.317 e. The molecule has 9 nitrogen and oxygen atoms in total. The number of rotatable bonds is 11. The average molecular weight is 519 g/mol. The van der Waals surface area contributed by atoms with E-state index in [2.05, 4.69) is 0 Å². The molecule has 0 radical (unpaired) electrons. The van der Waals surface area contributed by atoms with Crippen LogP contribution in [0.5, 0.6) is 11.5 Å². The van der Waals surface area contributed by atoms with Crippen LogP contribution < -0.4 is 4.74 Å². The van der Waals surface area contributed by atoms with Gasteiger partial charge in [0.25, 0.3) is 0 Å². The topological polar surface area (TPSA) is 118 Å². The van der Waals surface area contributed by atoms with Crippen molar-refractivity contribution in [3.05, 3.63) is 59.9 Å². The van der Waals surface area contributed by atoms with Gasteiger partial charge in [-0.25, -0.2) is 4.39 Å². The fourth-order valence-corrected chi connectivity index (χ4v) is 4.47. The fraction of sp³-hybridized carbons (Fsp3) is 0.444. The monoisotopic (exact) mass is 518 g/mol. The maximum absolute atomic E-state index is 14.7. The molecule has 0 unspecified atom stereocenters. The molecule has 1 N–H and O–H groups in total. The lowest BCUT2D eigenvalue weighted by molar-refractivity contribution is -0.174. The zero-order valence-corrected chi connectivity index (χ0v) is 21.0. The molecule has 0 aromatic heterocycles. The van der Waals surface area contributed by atoms with Crippen LogP contribution in [0.1, 0.15) is 24.8 Å². The van der Waals surface area contributed by atoms with Crippen LogP contribution >= 0.6 is 0 Å². The van der Waals surface area contributed by atoms with E-state index in [1.807, 2.05) is 0 Å². The minimum atomic E-state index is -1.86. The second kappa shape index (κ2) is 12.8. The third-order valence-electron chi connectivity index (χ3n) is 6.15. The molecule has 1 saturated carbocycles. The van der Waals surface area contributed by atoms with E-state index in [0.29, 0.717) is 5.75 Å². The smallest absolute Gasteiger partial charge is 0.317 e. The van der Waals surface area contributed by atoms with Crippen LogP contribution in [0.2, 0.25) is 0 Å². The summed E-state index contributed by atoms with van der Waals surface area (Å²) in [5.41, 5.74) is -1.63. The Kier molecular flexibility index (Phi) is 9.73. The molecule has 0 aliphatic heterocycles. The molecule has 0 bridgehead atoms. The van der Waals surface area contributed by atoms with Crippen LogP contribution in [0.25, 0.3) is 0 Å². The van der Waals surface area contributed by atoms with Gasteiger partial charge in [0, 0.05) is 26.6 Å². The first-order chi connectivity index (χ1) is 17.7. The molecule has 2 aromatic rings. The number of esters is 2. The lowest BCUT2D eigenvalue weighted by Gasteiger charge is -2.43. The third-order valence-corrected chi connectivity index (χ3v) is 6.15. The quantitative estimate of drug-likeness (QED) is 0.272. The highest BCUT2D eigenvalue weighted by atomic mass is 19.1. The van der Waals surface area contributed by atoms with E-state index in [0.717, 1.165) is 6.07 Å². The number of aliphatic hydroxyl groups is 1. The average Bonchev–Trinajstić information content (AvgIpc) is 2.85. The number of hydrogen-bond acceptors (Lipinski definition) is 9. The molecule has 37 heavy (non-hydrogen) atoms. The van der Waals surface area contributed by atoms with Crippen molar-refractivity contribution in [2.45, 2.75) is 24.9 Å². The van der Waals surface area contributed by atoms with Crippen molar-refractivity contribution in [2.24, 2.45) is 11.8 Å². The highest BCUT2D eigenvalue weighted by Crippen LogP contribution is 2.47. The van der Waals surface area contributed by atoms with Crippen molar-refractivity contribution in [3.63, 3.8) is 0 Å². The SMILES string of the molecule is COCCOC(=O)[C@@H]1C(=O)C[C@](C)(O)[C@H](C(=O)OCCOC)[C@H]1c1ccc(F)c(Oc2ccccc2)c1. The summed E-state index contributed by atoms with van der Waals surface area (Å²) in [4.78, 5) is 39.5. The Hall–Kier alpha value is -3.34. The number of hydrogen-bond donors (Lipinski definition) is 1. The normalized spacial score (nSPS) is 23.4. The molecule has 4 atom stereocenters. The number of Topliss-reactive ketones (excluding diaryl/α,β-unsaturated/α-hetero) is 1. The van der Waals surface area contributed by atoms with Crippen molar-refractivity contribution < 1.29 is 47.6 Å². The van der Waals surface area contributed by atoms with Crippen molar-refractivity contribution in [1.82, 2.24) is 0 Å². The van der Waals surface area contributed by atoms with E-state index in [-0.39, 0.29) is 37.7 Å². The van der Waals surface area contributed by atoms with Crippen LogP contribution in [-0.2, 0) is 33.3 Å². The van der Waals surface area contributed by atoms with E-state index < -0.39 is 53.3 Å². The molecule has 200 valence electrons. The number of carbonyl (C=O) groups is 3. The first-order valence-corrected chi connectivity index (χ1v) is 11.8. The summed E-state index contributed by atoms with van der Waals surface area (Å²) in [5.74, 6) is -6.87. The van der Waals surface area contributed by atoms with Gasteiger partial charge in [-0.05, 0) is 36.8 Å². The van der Waals surface area contributed by atoms with Gasteiger partial charge in [0.05, 0.1) is 24.7 Å². The molecule has 1 aliphatic carbocycles. The minimum Gasteiger partial charge on any atom is -0.463 e. The number of ketones is 1. The minimum absolute atomic E-state index is 0.0999. The molecule has 2 aromatic carbocycles. The Morgan fingerprint density at radius 2 is 1.59 bits per heavy atom.